The second kappa shape index (κ2) is 10.5. The summed E-state index contributed by atoms with van der Waals surface area (Å²) in [5, 5.41) is 13.5. The molecule has 9 heteroatoms. The summed E-state index contributed by atoms with van der Waals surface area (Å²) in [6.45, 7) is 6.26. The van der Waals surface area contributed by atoms with Crippen LogP contribution >= 0.6 is 0 Å². The average molecular weight is 252 g/mol. The maximum atomic E-state index is 10.3. The summed E-state index contributed by atoms with van der Waals surface area (Å²) in [7, 11) is 0. The average Bonchev–Trinajstić information content (AvgIpc) is 1.98. The van der Waals surface area contributed by atoms with Crippen LogP contribution in [-0.2, 0) is 14.4 Å². The number of aliphatic carboxylic acids is 1. The fraction of sp³-hybridized carbons (Fsp3) is 0.625. The molecule has 0 atom stereocenters. The van der Waals surface area contributed by atoms with Gasteiger partial charge < -0.3 is 26.1 Å². The molecule has 0 aliphatic heterocycles. The summed E-state index contributed by atoms with van der Waals surface area (Å²) in [6, 6.07) is 0. The van der Waals surface area contributed by atoms with Gasteiger partial charge >= 0.3 is 6.16 Å². The van der Waals surface area contributed by atoms with Gasteiger partial charge in [-0.2, -0.15) is 5.90 Å². The van der Waals surface area contributed by atoms with Gasteiger partial charge in [-0.3, -0.25) is 10.2 Å². The lowest BCUT2D eigenvalue weighted by molar-refractivity contribution is -0.134. The number of carbonyl (C=O) groups is 2. The molecule has 0 bridgehead atoms. The Balaban J connectivity index is -0.000000205. The largest absolute Gasteiger partial charge is 0.528 e. The van der Waals surface area contributed by atoms with Crippen LogP contribution in [0.3, 0.4) is 0 Å². The monoisotopic (exact) mass is 252 g/mol. The third kappa shape index (κ3) is 81.0. The second-order valence-corrected chi connectivity index (χ2v) is 3.56. The Kier molecular flexibility index (Phi) is 12.6. The summed E-state index contributed by atoms with van der Waals surface area (Å²) in [5.41, 5.74) is 8.41. The molecule has 0 aromatic carbocycles. The van der Waals surface area contributed by atoms with Gasteiger partial charge in [-0.05, 0) is 20.8 Å². The lowest BCUT2D eigenvalue weighted by atomic mass is 10.2. The summed E-state index contributed by atoms with van der Waals surface area (Å²) in [6.07, 6.45) is -0.859. The number of ether oxygens (including phenoxy) is 1. The van der Waals surface area contributed by atoms with Crippen molar-refractivity contribution in [2.24, 2.45) is 17.4 Å². The molecular formula is C8H20N4O5. The normalized spacial score (nSPS) is 8.53. The minimum Gasteiger partial charge on any atom is -0.481 e. The van der Waals surface area contributed by atoms with E-state index in [1.807, 2.05) is 0 Å². The zero-order valence-electron chi connectivity index (χ0n) is 10.3. The van der Waals surface area contributed by atoms with Crippen molar-refractivity contribution in [3.63, 3.8) is 0 Å². The van der Waals surface area contributed by atoms with Gasteiger partial charge in [0.1, 0.15) is 5.60 Å². The van der Waals surface area contributed by atoms with Crippen LogP contribution in [0.5, 0.6) is 0 Å². The van der Waals surface area contributed by atoms with Gasteiger partial charge in [0.2, 0.25) is 0 Å². The van der Waals surface area contributed by atoms with Crippen molar-refractivity contribution in [1.82, 2.24) is 0 Å². The van der Waals surface area contributed by atoms with Crippen LogP contribution in [0.15, 0.2) is 0 Å². The molecular weight excluding hydrogens is 232 g/mol. The van der Waals surface area contributed by atoms with Crippen molar-refractivity contribution in [3.05, 3.63) is 0 Å². The number of carboxylic acid groups (broad SMARTS) is 1. The fourth-order valence-corrected chi connectivity index (χ4v) is 0.274. The summed E-state index contributed by atoms with van der Waals surface area (Å²) < 4.78 is 4.60. The van der Waals surface area contributed by atoms with E-state index < -0.39 is 17.7 Å². The van der Waals surface area contributed by atoms with E-state index >= 15 is 0 Å². The number of hydrogen-bond acceptors (Lipinski definition) is 6. The molecule has 0 spiro atoms. The van der Waals surface area contributed by atoms with E-state index in [1.54, 1.807) is 20.8 Å². The van der Waals surface area contributed by atoms with E-state index in [1.165, 1.54) is 0 Å². The van der Waals surface area contributed by atoms with Crippen molar-refractivity contribution >= 4 is 18.1 Å². The molecule has 0 unspecified atom stereocenters. The molecule has 0 heterocycles. The number of carboxylic acids is 1. The molecule has 0 fully saturated rings. The molecule has 0 aliphatic rings. The Morgan fingerprint density at radius 2 is 1.47 bits per heavy atom. The van der Waals surface area contributed by atoms with Gasteiger partial charge in [0.05, 0.1) is 0 Å². The maximum Gasteiger partial charge on any atom is 0.528 e. The van der Waals surface area contributed by atoms with E-state index in [0.29, 0.717) is 0 Å². The van der Waals surface area contributed by atoms with Gasteiger partial charge in [0.25, 0.3) is 5.97 Å². The Morgan fingerprint density at radius 3 is 1.53 bits per heavy atom. The number of carbonyl (C=O) groups excluding carboxylic acids is 1. The van der Waals surface area contributed by atoms with E-state index in [2.05, 4.69) is 26.9 Å². The minimum absolute atomic E-state index is 0.333. The fourth-order valence-electron chi connectivity index (χ4n) is 0.274. The summed E-state index contributed by atoms with van der Waals surface area (Å²) in [5.74, 6) is 3.34. The molecule has 0 rings (SSSR count). The van der Waals surface area contributed by atoms with Crippen LogP contribution in [0.2, 0.25) is 0 Å². The highest BCUT2D eigenvalue weighted by Crippen LogP contribution is 2.06. The summed E-state index contributed by atoms with van der Waals surface area (Å²) >= 11 is 0. The quantitative estimate of drug-likeness (QED) is 0.169. The number of nitrogens with one attached hydrogen (secondary N) is 1. The first kappa shape index (κ1) is 20.4. The third-order valence-electron chi connectivity index (χ3n) is 0.486. The minimum atomic E-state index is -0.859. The zero-order chi connectivity index (χ0) is 14.6. The lowest BCUT2D eigenvalue weighted by Crippen LogP contribution is -2.25. The smallest absolute Gasteiger partial charge is 0.481 e. The molecule has 0 radical (unpaired) electrons. The molecule has 0 aromatic heterocycles. The van der Waals surface area contributed by atoms with E-state index in [-0.39, 0.29) is 5.96 Å². The van der Waals surface area contributed by atoms with Crippen LogP contribution in [0.1, 0.15) is 27.7 Å². The van der Waals surface area contributed by atoms with Gasteiger partial charge in [-0.1, -0.05) is 0 Å². The molecule has 0 saturated heterocycles. The van der Waals surface area contributed by atoms with Gasteiger partial charge in [0, 0.05) is 6.92 Å². The Labute approximate surface area is 99.3 Å². The highest BCUT2D eigenvalue weighted by Gasteiger charge is 2.16. The number of nitrogens with two attached hydrogens (primary N) is 3. The van der Waals surface area contributed by atoms with Crippen LogP contribution in [0, 0.1) is 5.41 Å². The lowest BCUT2D eigenvalue weighted by Gasteiger charge is -2.16. The highest BCUT2D eigenvalue weighted by molar-refractivity contribution is 5.71. The van der Waals surface area contributed by atoms with Crippen molar-refractivity contribution < 1.29 is 24.3 Å². The Bertz CT molecular complexity index is 229. The first-order valence-corrected chi connectivity index (χ1v) is 4.31. The third-order valence-corrected chi connectivity index (χ3v) is 0.486. The number of rotatable bonds is 0. The standard InChI is InChI=1S/C5H11NO3.C2H4O2.CH5N3/c1-5(2,3)8-4(7)9-6;1-2(3)4;2-1(3)4/h6H2,1-3H3;1H3,(H,3,4);(H5,2,3,4). The molecule has 0 aromatic rings. The molecule has 102 valence electrons. The second-order valence-electron chi connectivity index (χ2n) is 3.56. The molecule has 0 aliphatic carbocycles. The first-order chi connectivity index (χ1) is 7.42. The topological polar surface area (TPSA) is 175 Å². The SMILES string of the molecule is CC(=O)O.CC(C)(C)OC(=O)ON.N=C(N)N. The number of guanidine groups is 1. The Morgan fingerprint density at radius 1 is 1.24 bits per heavy atom. The zero-order valence-corrected chi connectivity index (χ0v) is 10.3. The van der Waals surface area contributed by atoms with Crippen molar-refractivity contribution in [2.75, 3.05) is 0 Å². The first-order valence-electron chi connectivity index (χ1n) is 4.31. The molecule has 17 heavy (non-hydrogen) atoms. The van der Waals surface area contributed by atoms with Gasteiger partial charge in [0.15, 0.2) is 5.96 Å². The van der Waals surface area contributed by atoms with Crippen molar-refractivity contribution in [1.29, 1.82) is 5.41 Å². The van der Waals surface area contributed by atoms with Crippen molar-refractivity contribution in [2.45, 2.75) is 33.3 Å². The predicted octanol–water partition coefficient (Wildman–Crippen LogP) is -0.259. The van der Waals surface area contributed by atoms with Crippen LogP contribution < -0.4 is 17.4 Å². The van der Waals surface area contributed by atoms with E-state index in [0.717, 1.165) is 6.92 Å². The van der Waals surface area contributed by atoms with Crippen LogP contribution in [0.25, 0.3) is 0 Å². The molecule has 9 nitrogen and oxygen atoms in total. The highest BCUT2D eigenvalue weighted by atomic mass is 16.8. The van der Waals surface area contributed by atoms with Crippen LogP contribution in [0.4, 0.5) is 4.79 Å². The Hall–Kier alpha value is -2.03. The van der Waals surface area contributed by atoms with E-state index in [4.69, 9.17) is 15.3 Å². The molecule has 8 N–H and O–H groups in total. The summed E-state index contributed by atoms with van der Waals surface area (Å²) in [4.78, 5) is 23.0. The maximum absolute atomic E-state index is 10.3. The molecule has 0 amide bonds. The van der Waals surface area contributed by atoms with Crippen LogP contribution in [-0.4, -0.2) is 28.8 Å². The van der Waals surface area contributed by atoms with Gasteiger partial charge in [-0.15, -0.1) is 0 Å². The van der Waals surface area contributed by atoms with E-state index in [9.17, 15) is 4.79 Å². The number of hydrogen-bond donors (Lipinski definition) is 5. The molecule has 0 saturated carbocycles. The van der Waals surface area contributed by atoms with Gasteiger partial charge in [-0.25, -0.2) is 4.79 Å². The van der Waals surface area contributed by atoms with Crippen molar-refractivity contribution in [3.8, 4) is 0 Å². The predicted molar refractivity (Wildman–Crippen MR) is 60.9 cm³/mol.